The molecule has 0 aliphatic carbocycles. The van der Waals surface area contributed by atoms with Crippen LogP contribution in [0.25, 0.3) is 10.9 Å². The van der Waals surface area contributed by atoms with Crippen molar-refractivity contribution in [3.8, 4) is 0 Å². The highest BCUT2D eigenvalue weighted by molar-refractivity contribution is 7.09. The van der Waals surface area contributed by atoms with Gasteiger partial charge in [0.05, 0.1) is 6.04 Å². The first-order chi connectivity index (χ1) is 8.34. The molecule has 3 nitrogen and oxygen atoms in total. The van der Waals surface area contributed by atoms with Gasteiger partial charge in [-0.3, -0.25) is 0 Å². The fourth-order valence-corrected chi connectivity index (χ4v) is 2.68. The minimum Gasteiger partial charge on any atom is -0.361 e. The molecule has 1 unspecified atom stereocenters. The zero-order valence-electron chi connectivity index (χ0n) is 9.26. The number of aromatic amines is 1. The van der Waals surface area contributed by atoms with Crippen molar-refractivity contribution in [1.82, 2.24) is 9.97 Å². The molecule has 0 saturated heterocycles. The van der Waals surface area contributed by atoms with E-state index in [1.807, 2.05) is 17.6 Å². The first kappa shape index (κ1) is 10.5. The fraction of sp³-hybridized carbons (Fsp3) is 0.154. The van der Waals surface area contributed by atoms with Gasteiger partial charge >= 0.3 is 0 Å². The third-order valence-electron chi connectivity index (χ3n) is 2.88. The number of benzene rings is 1. The number of thiazole rings is 1. The second-order valence-electron chi connectivity index (χ2n) is 4.04. The van der Waals surface area contributed by atoms with E-state index in [2.05, 4.69) is 28.2 Å². The third-order valence-corrected chi connectivity index (χ3v) is 3.79. The van der Waals surface area contributed by atoms with Crippen molar-refractivity contribution in [2.24, 2.45) is 5.73 Å². The molecule has 17 heavy (non-hydrogen) atoms. The second kappa shape index (κ2) is 4.31. The number of nitrogens with zero attached hydrogens (tertiary/aromatic N) is 1. The van der Waals surface area contributed by atoms with Gasteiger partial charge in [0, 0.05) is 28.7 Å². The van der Waals surface area contributed by atoms with Crippen molar-refractivity contribution in [1.29, 1.82) is 0 Å². The van der Waals surface area contributed by atoms with Gasteiger partial charge in [-0.1, -0.05) is 18.2 Å². The van der Waals surface area contributed by atoms with Crippen LogP contribution in [0.2, 0.25) is 0 Å². The summed E-state index contributed by atoms with van der Waals surface area (Å²) in [6, 6.07) is 8.26. The molecule has 3 rings (SSSR count). The molecule has 0 aliphatic rings. The van der Waals surface area contributed by atoms with Crippen molar-refractivity contribution in [2.45, 2.75) is 12.5 Å². The fourth-order valence-electron chi connectivity index (χ4n) is 2.04. The molecule has 1 aromatic carbocycles. The minimum atomic E-state index is -0.0193. The van der Waals surface area contributed by atoms with Crippen LogP contribution in [0.4, 0.5) is 0 Å². The molecule has 0 saturated carbocycles. The summed E-state index contributed by atoms with van der Waals surface area (Å²) in [7, 11) is 0. The van der Waals surface area contributed by atoms with Crippen LogP contribution in [0, 0.1) is 0 Å². The van der Waals surface area contributed by atoms with Gasteiger partial charge in [0.15, 0.2) is 0 Å². The average Bonchev–Trinajstić information content (AvgIpc) is 2.98. The summed E-state index contributed by atoms with van der Waals surface area (Å²) in [4.78, 5) is 7.53. The summed E-state index contributed by atoms with van der Waals surface area (Å²) in [6.07, 6.45) is 4.66. The summed E-state index contributed by atoms with van der Waals surface area (Å²) in [5, 5.41) is 4.21. The molecule has 86 valence electrons. The normalized spacial score (nSPS) is 13.0. The van der Waals surface area contributed by atoms with Gasteiger partial charge in [-0.25, -0.2) is 4.98 Å². The molecule has 0 bridgehead atoms. The van der Waals surface area contributed by atoms with Crippen molar-refractivity contribution >= 4 is 22.2 Å². The molecule has 0 amide bonds. The highest BCUT2D eigenvalue weighted by atomic mass is 32.1. The first-order valence-electron chi connectivity index (χ1n) is 5.54. The molecule has 0 spiro atoms. The van der Waals surface area contributed by atoms with Gasteiger partial charge in [-0.15, -0.1) is 11.3 Å². The van der Waals surface area contributed by atoms with Crippen LogP contribution in [-0.4, -0.2) is 9.97 Å². The van der Waals surface area contributed by atoms with Gasteiger partial charge < -0.3 is 10.7 Å². The Morgan fingerprint density at radius 1 is 1.35 bits per heavy atom. The molecule has 2 aromatic heterocycles. The van der Waals surface area contributed by atoms with E-state index in [-0.39, 0.29) is 6.04 Å². The first-order valence-corrected chi connectivity index (χ1v) is 6.42. The molecule has 1 atom stereocenters. The number of hydrogen-bond acceptors (Lipinski definition) is 3. The van der Waals surface area contributed by atoms with E-state index in [1.165, 1.54) is 10.9 Å². The number of rotatable bonds is 3. The zero-order valence-corrected chi connectivity index (χ0v) is 10.1. The van der Waals surface area contributed by atoms with Crippen molar-refractivity contribution in [3.05, 3.63) is 52.6 Å². The third kappa shape index (κ3) is 1.97. The number of fused-ring (bicyclic) bond motifs is 1. The number of nitrogens with two attached hydrogens (primary N) is 1. The summed E-state index contributed by atoms with van der Waals surface area (Å²) in [5.74, 6) is 0. The number of hydrogen-bond donors (Lipinski definition) is 2. The standard InChI is InChI=1S/C13H13N3S/c14-11(13-15-5-6-17-13)7-9-8-16-12-4-2-1-3-10(9)12/h1-6,8,11,16H,7,14H2. The largest absolute Gasteiger partial charge is 0.361 e. The predicted molar refractivity (Wildman–Crippen MR) is 71.0 cm³/mol. The SMILES string of the molecule is NC(Cc1c[nH]c2ccccc12)c1nccs1. The zero-order chi connectivity index (χ0) is 11.7. The molecule has 2 heterocycles. The Labute approximate surface area is 103 Å². The second-order valence-corrected chi connectivity index (χ2v) is 4.97. The van der Waals surface area contributed by atoms with Crippen LogP contribution in [0.15, 0.2) is 42.0 Å². The van der Waals surface area contributed by atoms with Crippen molar-refractivity contribution < 1.29 is 0 Å². The van der Waals surface area contributed by atoms with Gasteiger partial charge in [0.1, 0.15) is 5.01 Å². The van der Waals surface area contributed by atoms with E-state index in [9.17, 15) is 0 Å². The number of nitrogens with one attached hydrogen (secondary N) is 1. The smallest absolute Gasteiger partial charge is 0.110 e. The maximum atomic E-state index is 6.16. The van der Waals surface area contributed by atoms with Gasteiger partial charge in [0.25, 0.3) is 0 Å². The quantitative estimate of drug-likeness (QED) is 0.743. The Morgan fingerprint density at radius 3 is 3.06 bits per heavy atom. The molecule has 3 N–H and O–H groups in total. The maximum Gasteiger partial charge on any atom is 0.110 e. The summed E-state index contributed by atoms with van der Waals surface area (Å²) < 4.78 is 0. The molecule has 0 aliphatic heterocycles. The van der Waals surface area contributed by atoms with Gasteiger partial charge in [-0.05, 0) is 18.1 Å². The van der Waals surface area contributed by atoms with Crippen LogP contribution in [-0.2, 0) is 6.42 Å². The Kier molecular flexibility index (Phi) is 2.66. The highest BCUT2D eigenvalue weighted by Gasteiger charge is 2.12. The Bertz CT molecular complexity index is 612. The Hall–Kier alpha value is -1.65. The molecule has 0 fully saturated rings. The molecule has 0 radical (unpaired) electrons. The molecular weight excluding hydrogens is 230 g/mol. The van der Waals surface area contributed by atoms with Crippen molar-refractivity contribution in [3.63, 3.8) is 0 Å². The Balaban J connectivity index is 1.90. The van der Waals surface area contributed by atoms with E-state index in [4.69, 9.17) is 5.73 Å². The predicted octanol–water partition coefficient (Wildman–Crippen LogP) is 2.87. The van der Waals surface area contributed by atoms with Crippen LogP contribution >= 0.6 is 11.3 Å². The van der Waals surface area contributed by atoms with E-state index in [0.29, 0.717) is 0 Å². The van der Waals surface area contributed by atoms with E-state index < -0.39 is 0 Å². The van der Waals surface area contributed by atoms with E-state index in [0.717, 1.165) is 16.9 Å². The highest BCUT2D eigenvalue weighted by Crippen LogP contribution is 2.23. The number of H-pyrrole nitrogens is 1. The number of para-hydroxylation sites is 1. The molecular formula is C13H13N3S. The van der Waals surface area contributed by atoms with E-state index in [1.54, 1.807) is 17.5 Å². The topological polar surface area (TPSA) is 54.7 Å². The van der Waals surface area contributed by atoms with E-state index >= 15 is 0 Å². The molecule has 4 heteroatoms. The molecule has 3 aromatic rings. The van der Waals surface area contributed by atoms with Gasteiger partial charge in [0.2, 0.25) is 0 Å². The summed E-state index contributed by atoms with van der Waals surface area (Å²) in [5.41, 5.74) is 8.57. The maximum absolute atomic E-state index is 6.16. The summed E-state index contributed by atoms with van der Waals surface area (Å²) in [6.45, 7) is 0. The lowest BCUT2D eigenvalue weighted by atomic mass is 10.1. The average molecular weight is 243 g/mol. The van der Waals surface area contributed by atoms with Crippen LogP contribution < -0.4 is 5.73 Å². The number of aromatic nitrogens is 2. The lowest BCUT2D eigenvalue weighted by Gasteiger charge is -2.07. The van der Waals surface area contributed by atoms with Crippen LogP contribution in [0.5, 0.6) is 0 Å². The summed E-state index contributed by atoms with van der Waals surface area (Å²) >= 11 is 1.61. The van der Waals surface area contributed by atoms with Gasteiger partial charge in [-0.2, -0.15) is 0 Å². The van der Waals surface area contributed by atoms with Crippen LogP contribution in [0.1, 0.15) is 16.6 Å². The lowest BCUT2D eigenvalue weighted by molar-refractivity contribution is 0.718. The Morgan fingerprint density at radius 2 is 2.24 bits per heavy atom. The van der Waals surface area contributed by atoms with Crippen LogP contribution in [0.3, 0.4) is 0 Å². The minimum absolute atomic E-state index is 0.0193. The van der Waals surface area contributed by atoms with Crippen molar-refractivity contribution in [2.75, 3.05) is 0 Å². The lowest BCUT2D eigenvalue weighted by Crippen LogP contribution is -2.12. The monoisotopic (exact) mass is 243 g/mol.